The van der Waals surface area contributed by atoms with Crippen LogP contribution in [0.5, 0.6) is 0 Å². The van der Waals surface area contributed by atoms with E-state index >= 15 is 0 Å². The van der Waals surface area contributed by atoms with Gasteiger partial charge in [0.2, 0.25) is 0 Å². The largest absolute Gasteiger partial charge is 0.481 e. The number of carbonyl (C=O) groups excluding carboxylic acids is 2. The molecule has 2 N–H and O–H groups in total. The Balaban J connectivity index is -0.000000108. The monoisotopic (exact) mass is 344 g/mol. The van der Waals surface area contributed by atoms with Crippen molar-refractivity contribution in [3.05, 3.63) is 0 Å². The summed E-state index contributed by atoms with van der Waals surface area (Å²) in [6.07, 6.45) is 1.02. The first kappa shape index (κ1) is 26.1. The maximum Gasteiger partial charge on any atom is 0.304 e. The maximum absolute atomic E-state index is 9.90. The second-order valence-electron chi connectivity index (χ2n) is 2.54. The molecule has 0 unspecified atom stereocenters. The van der Waals surface area contributed by atoms with Crippen LogP contribution in [0.15, 0.2) is 0 Å². The zero-order valence-corrected chi connectivity index (χ0v) is 12.1. The summed E-state index contributed by atoms with van der Waals surface area (Å²) in [4.78, 5) is 38.6. The van der Waals surface area contributed by atoms with Crippen molar-refractivity contribution in [3.63, 3.8) is 0 Å². The highest BCUT2D eigenvalue weighted by Crippen LogP contribution is 1.98. The van der Waals surface area contributed by atoms with E-state index in [-0.39, 0.29) is 37.7 Å². The fourth-order valence-electron chi connectivity index (χ4n) is 0.552. The number of hydrogen-bond donors (Lipinski definition) is 2. The molecular weight excluding hydrogens is 334 g/mol. The Morgan fingerprint density at radius 3 is 1.06 bits per heavy atom. The Hall–Kier alpha value is -0.560. The zero-order valence-electron chi connectivity index (χ0n) is 8.93. The minimum atomic E-state index is -1.14. The Kier molecular flexibility index (Phi) is 23.8. The summed E-state index contributed by atoms with van der Waals surface area (Å²) < 4.78 is 0. The first-order valence-electron chi connectivity index (χ1n) is 4.10. The fraction of sp³-hybridized carbons (Fsp3) is 0.500. The highest BCUT2D eigenvalue weighted by atomic mass is 35.5. The average molecular weight is 346 g/mol. The molecule has 0 aromatic carbocycles. The van der Waals surface area contributed by atoms with Crippen molar-refractivity contribution in [1.82, 2.24) is 0 Å². The van der Waals surface area contributed by atoms with E-state index in [0.717, 1.165) is 0 Å². The van der Waals surface area contributed by atoms with E-state index < -0.39 is 22.4 Å². The summed E-state index contributed by atoms with van der Waals surface area (Å²) in [7, 11) is 0. The molecule has 6 nitrogen and oxygen atoms in total. The van der Waals surface area contributed by atoms with Crippen molar-refractivity contribution in [1.29, 1.82) is 0 Å². The molecule has 18 heavy (non-hydrogen) atoms. The first-order valence-corrected chi connectivity index (χ1v) is 4.85. The van der Waals surface area contributed by atoms with Crippen LogP contribution in [0.25, 0.3) is 0 Å². The van der Waals surface area contributed by atoms with Gasteiger partial charge in [-0.15, -0.1) is 24.8 Å². The quantitative estimate of drug-likeness (QED) is 0.433. The molecular formula is C8H12Cl4O6. The summed E-state index contributed by atoms with van der Waals surface area (Å²) in [6.45, 7) is 0. The van der Waals surface area contributed by atoms with Gasteiger partial charge in [0.05, 0.1) is 0 Å². The lowest BCUT2D eigenvalue weighted by atomic mass is 10.2. The van der Waals surface area contributed by atoms with E-state index in [1.807, 2.05) is 0 Å². The van der Waals surface area contributed by atoms with E-state index in [4.69, 9.17) is 10.2 Å². The smallest absolute Gasteiger partial charge is 0.304 e. The second-order valence-corrected chi connectivity index (χ2v) is 3.23. The molecule has 0 bridgehead atoms. The lowest BCUT2D eigenvalue weighted by molar-refractivity contribution is -0.139. The Morgan fingerprint density at radius 2 is 0.944 bits per heavy atom. The van der Waals surface area contributed by atoms with Crippen LogP contribution in [0.3, 0.4) is 0 Å². The van der Waals surface area contributed by atoms with Gasteiger partial charge in [-0.1, -0.05) is 0 Å². The minimum absolute atomic E-state index is 0. The minimum Gasteiger partial charge on any atom is -0.481 e. The van der Waals surface area contributed by atoms with Crippen LogP contribution in [0.4, 0.5) is 0 Å². The molecule has 108 valence electrons. The summed E-state index contributed by atoms with van der Waals surface area (Å²) in [6, 6.07) is 0. The van der Waals surface area contributed by atoms with Crippen molar-refractivity contribution < 1.29 is 29.4 Å². The predicted octanol–water partition coefficient (Wildman–Crippen LogP) is 2.08. The number of hydrogen-bond acceptors (Lipinski definition) is 4. The summed E-state index contributed by atoms with van der Waals surface area (Å²) in [5.74, 6) is -1.74. The molecule has 0 heterocycles. The Morgan fingerprint density at radius 1 is 0.722 bits per heavy atom. The van der Waals surface area contributed by atoms with Gasteiger partial charge in [-0.25, -0.2) is 0 Å². The lowest BCUT2D eigenvalue weighted by Gasteiger charge is -1.92. The molecule has 0 atom stereocenters. The second kappa shape index (κ2) is 16.4. The summed E-state index contributed by atoms with van der Waals surface area (Å²) in [5.41, 5.74) is 0. The maximum atomic E-state index is 9.90. The van der Waals surface area contributed by atoms with Gasteiger partial charge < -0.3 is 10.2 Å². The average Bonchev–Trinajstić information content (AvgIpc) is 2.12. The predicted molar refractivity (Wildman–Crippen MR) is 70.0 cm³/mol. The molecule has 0 aliphatic rings. The molecule has 0 fully saturated rings. The van der Waals surface area contributed by atoms with Crippen LogP contribution >= 0.6 is 48.0 Å². The molecule has 10 heteroatoms. The highest BCUT2D eigenvalue weighted by molar-refractivity contribution is 6.97. The van der Waals surface area contributed by atoms with Crippen molar-refractivity contribution in [2.24, 2.45) is 0 Å². The molecule has 0 aliphatic carbocycles. The molecule has 0 aliphatic heterocycles. The van der Waals surface area contributed by atoms with Gasteiger partial charge >= 0.3 is 22.4 Å². The van der Waals surface area contributed by atoms with Crippen LogP contribution in [-0.4, -0.2) is 32.6 Å². The van der Waals surface area contributed by atoms with E-state index in [2.05, 4.69) is 23.2 Å². The van der Waals surface area contributed by atoms with Crippen molar-refractivity contribution in [2.75, 3.05) is 0 Å². The Labute approximate surface area is 125 Å². The molecule has 0 amide bonds. The molecule has 0 spiro atoms. The van der Waals surface area contributed by atoms with E-state index in [1.54, 1.807) is 0 Å². The third-order valence-electron chi connectivity index (χ3n) is 1.19. The van der Waals surface area contributed by atoms with E-state index in [9.17, 15) is 19.2 Å². The van der Waals surface area contributed by atoms with E-state index in [1.165, 1.54) is 0 Å². The molecule has 0 rings (SSSR count). The molecule has 0 radical (unpaired) electrons. The number of carboxylic acids is 2. The fourth-order valence-corrected chi connectivity index (χ4v) is 0.552. The van der Waals surface area contributed by atoms with Crippen LogP contribution in [0, 0.1) is 0 Å². The topological polar surface area (TPSA) is 109 Å². The SMILES string of the molecule is Cl.Cl.O=C(Cl)C(=O)Cl.O=C(O)CCCCC(=O)O. The van der Waals surface area contributed by atoms with Gasteiger partial charge in [-0.05, 0) is 36.0 Å². The van der Waals surface area contributed by atoms with Gasteiger partial charge in [0.25, 0.3) is 0 Å². The first-order chi connectivity index (χ1) is 7.27. The number of aliphatic carboxylic acids is 2. The molecule has 0 saturated carbocycles. The zero-order chi connectivity index (χ0) is 13.1. The number of unbranched alkanes of at least 4 members (excludes halogenated alkanes) is 1. The number of rotatable bonds is 6. The van der Waals surface area contributed by atoms with Gasteiger partial charge in [0, 0.05) is 12.8 Å². The number of halogens is 4. The Bertz CT molecular complexity index is 253. The van der Waals surface area contributed by atoms with Crippen LogP contribution < -0.4 is 0 Å². The number of carbonyl (C=O) groups is 4. The molecule has 0 aromatic heterocycles. The van der Waals surface area contributed by atoms with Gasteiger partial charge in [-0.3, -0.25) is 19.2 Å². The normalized spacial score (nSPS) is 7.67. The third-order valence-corrected chi connectivity index (χ3v) is 1.63. The van der Waals surface area contributed by atoms with Gasteiger partial charge in [-0.2, -0.15) is 0 Å². The summed E-state index contributed by atoms with van der Waals surface area (Å²) in [5, 5.41) is 14.0. The van der Waals surface area contributed by atoms with Gasteiger partial charge in [0.1, 0.15) is 0 Å². The van der Waals surface area contributed by atoms with Crippen molar-refractivity contribution in [3.8, 4) is 0 Å². The van der Waals surface area contributed by atoms with Gasteiger partial charge in [0.15, 0.2) is 0 Å². The van der Waals surface area contributed by atoms with Crippen LogP contribution in [0.2, 0.25) is 0 Å². The molecule has 0 aromatic rings. The summed E-state index contributed by atoms with van der Waals surface area (Å²) >= 11 is 8.98. The van der Waals surface area contributed by atoms with Crippen molar-refractivity contribution >= 4 is 70.4 Å². The van der Waals surface area contributed by atoms with E-state index in [0.29, 0.717) is 12.8 Å². The lowest BCUT2D eigenvalue weighted by Crippen LogP contribution is -1.97. The molecule has 0 saturated heterocycles. The van der Waals surface area contributed by atoms with Crippen molar-refractivity contribution in [2.45, 2.75) is 25.7 Å². The highest BCUT2D eigenvalue weighted by Gasteiger charge is 2.02. The standard InChI is InChI=1S/C6H10O4.C2Cl2O2.2ClH/c7-5(8)3-1-2-4-6(9)10;3-1(5)2(4)6;;/h1-4H2,(H,7,8)(H,9,10);;2*1H. The number of carboxylic acid groups (broad SMARTS) is 2. The third kappa shape index (κ3) is 29.5. The van der Waals surface area contributed by atoms with Crippen LogP contribution in [-0.2, 0) is 19.2 Å². The van der Waals surface area contributed by atoms with Crippen LogP contribution in [0.1, 0.15) is 25.7 Å².